The molecule has 1 atom stereocenters. The number of hydrogen-bond donors (Lipinski definition) is 1. The fourth-order valence-electron chi connectivity index (χ4n) is 5.61. The number of nitro benzene ring substituents is 2. The molecule has 232 valence electrons. The van der Waals surface area contributed by atoms with Crippen LogP contribution in [0, 0.1) is 20.2 Å². The molecule has 10 nitrogen and oxygen atoms in total. The topological polar surface area (TPSA) is 144 Å². The number of nitrogens with zero attached hydrogens (tertiary/aromatic N) is 3. The number of rotatable bonds is 19. The van der Waals surface area contributed by atoms with Crippen LogP contribution < -0.4 is 0 Å². The number of unbranched alkanes of at least 4 members (excludes halogenated alkanes) is 13. The average Bonchev–Trinajstić information content (AvgIpc) is 3.26. The Hall–Kier alpha value is -4.08. The van der Waals surface area contributed by atoms with Crippen LogP contribution in [0.5, 0.6) is 0 Å². The van der Waals surface area contributed by atoms with Crippen LogP contribution in [0.1, 0.15) is 114 Å². The standard InChI is InChI=1S/C33H43N3O7/c1-2-3-4-5-6-7-8-9-10-11-12-13-14-15-24-34-30(25-16-20-27(21-17-25)35(40)41)29(32(38)33(34)39)31(37)26-18-22-28(23-19-26)36(42)43/h16-23,30,37H,2-15,24H2,1H3/b31-29+. The smallest absolute Gasteiger partial charge is 0.295 e. The van der Waals surface area contributed by atoms with Crippen molar-refractivity contribution in [3.8, 4) is 0 Å². The zero-order valence-corrected chi connectivity index (χ0v) is 25.0. The normalized spacial score (nSPS) is 16.1. The third-order valence-electron chi connectivity index (χ3n) is 8.06. The molecule has 0 spiro atoms. The largest absolute Gasteiger partial charge is 0.507 e. The first kappa shape index (κ1) is 33.4. The first-order chi connectivity index (χ1) is 20.8. The van der Waals surface area contributed by atoms with E-state index in [2.05, 4.69) is 6.92 Å². The molecule has 0 aromatic heterocycles. The van der Waals surface area contributed by atoms with Gasteiger partial charge < -0.3 is 10.0 Å². The van der Waals surface area contributed by atoms with Crippen molar-refractivity contribution >= 4 is 28.8 Å². The van der Waals surface area contributed by atoms with Crippen molar-refractivity contribution in [2.45, 2.75) is 103 Å². The second kappa shape index (κ2) is 17.1. The van der Waals surface area contributed by atoms with Crippen LogP contribution in [-0.4, -0.2) is 38.1 Å². The van der Waals surface area contributed by atoms with Gasteiger partial charge in [-0.1, -0.05) is 90.4 Å². The Morgan fingerprint density at radius 2 is 1.12 bits per heavy atom. The molecule has 0 saturated carbocycles. The summed E-state index contributed by atoms with van der Waals surface area (Å²) in [6.45, 7) is 2.53. The molecule has 1 fully saturated rings. The first-order valence-electron chi connectivity index (χ1n) is 15.5. The molecule has 10 heteroatoms. The van der Waals surface area contributed by atoms with Crippen LogP contribution >= 0.6 is 0 Å². The van der Waals surface area contributed by atoms with Crippen LogP contribution in [0.15, 0.2) is 54.1 Å². The van der Waals surface area contributed by atoms with E-state index in [-0.39, 0.29) is 22.5 Å². The van der Waals surface area contributed by atoms with E-state index in [0.717, 1.165) is 19.3 Å². The molecule has 1 aliphatic rings. The minimum atomic E-state index is -0.932. The number of amides is 1. The molecule has 43 heavy (non-hydrogen) atoms. The van der Waals surface area contributed by atoms with Crippen molar-refractivity contribution < 1.29 is 24.5 Å². The van der Waals surface area contributed by atoms with Gasteiger partial charge in [-0.05, 0) is 36.2 Å². The lowest BCUT2D eigenvalue weighted by Gasteiger charge is -2.25. The minimum absolute atomic E-state index is 0.136. The molecule has 2 aromatic rings. The molecule has 1 amide bonds. The average molecular weight is 594 g/mol. The summed E-state index contributed by atoms with van der Waals surface area (Å²) in [5, 5.41) is 33.4. The molecule has 3 rings (SSSR count). The number of nitro groups is 2. The number of likely N-dealkylation sites (tertiary alicyclic amines) is 1. The zero-order valence-electron chi connectivity index (χ0n) is 25.0. The number of aliphatic hydroxyl groups is 1. The number of ketones is 1. The van der Waals surface area contributed by atoms with Gasteiger partial charge in [0.2, 0.25) is 0 Å². The van der Waals surface area contributed by atoms with Gasteiger partial charge in [0, 0.05) is 36.4 Å². The van der Waals surface area contributed by atoms with Crippen molar-refractivity contribution in [3.63, 3.8) is 0 Å². The zero-order chi connectivity index (χ0) is 31.2. The highest BCUT2D eigenvalue weighted by Gasteiger charge is 2.45. The number of hydrogen-bond acceptors (Lipinski definition) is 7. The van der Waals surface area contributed by atoms with E-state index in [9.17, 15) is 34.9 Å². The van der Waals surface area contributed by atoms with Crippen LogP contribution in [-0.2, 0) is 9.59 Å². The monoisotopic (exact) mass is 593 g/mol. The summed E-state index contributed by atoms with van der Waals surface area (Å²) < 4.78 is 0. The van der Waals surface area contributed by atoms with Crippen LogP contribution in [0.25, 0.3) is 5.76 Å². The maximum Gasteiger partial charge on any atom is 0.295 e. The van der Waals surface area contributed by atoms with Crippen molar-refractivity contribution in [2.24, 2.45) is 0 Å². The van der Waals surface area contributed by atoms with Gasteiger partial charge in [-0.25, -0.2) is 0 Å². The van der Waals surface area contributed by atoms with Crippen LogP contribution in [0.4, 0.5) is 11.4 Å². The molecule has 0 radical (unpaired) electrons. The lowest BCUT2D eigenvalue weighted by Crippen LogP contribution is -2.30. The molecule has 0 bridgehead atoms. The van der Waals surface area contributed by atoms with Gasteiger partial charge in [-0.2, -0.15) is 0 Å². The van der Waals surface area contributed by atoms with Crippen molar-refractivity contribution in [1.82, 2.24) is 4.90 Å². The molecule has 0 aliphatic carbocycles. The van der Waals surface area contributed by atoms with E-state index >= 15 is 0 Å². The second-order valence-corrected chi connectivity index (χ2v) is 11.2. The predicted octanol–water partition coefficient (Wildman–Crippen LogP) is 8.41. The van der Waals surface area contributed by atoms with Gasteiger partial charge in [0.1, 0.15) is 5.76 Å². The highest BCUT2D eigenvalue weighted by molar-refractivity contribution is 6.46. The van der Waals surface area contributed by atoms with Gasteiger partial charge in [0.25, 0.3) is 23.1 Å². The van der Waals surface area contributed by atoms with Gasteiger partial charge in [-0.15, -0.1) is 0 Å². The van der Waals surface area contributed by atoms with Crippen LogP contribution in [0.3, 0.4) is 0 Å². The Balaban J connectivity index is 1.62. The van der Waals surface area contributed by atoms with Crippen LogP contribution in [0.2, 0.25) is 0 Å². The minimum Gasteiger partial charge on any atom is -0.507 e. The van der Waals surface area contributed by atoms with E-state index in [0.29, 0.717) is 18.5 Å². The summed E-state index contributed by atoms with van der Waals surface area (Å²) in [6, 6.07) is 9.69. The lowest BCUT2D eigenvalue weighted by atomic mass is 9.95. The Morgan fingerprint density at radius 1 is 0.698 bits per heavy atom. The van der Waals surface area contributed by atoms with Gasteiger partial charge in [0.15, 0.2) is 0 Å². The highest BCUT2D eigenvalue weighted by Crippen LogP contribution is 2.40. The number of carbonyl (C=O) groups excluding carboxylic acids is 2. The number of benzene rings is 2. The Kier molecular flexibility index (Phi) is 13.3. The van der Waals surface area contributed by atoms with Gasteiger partial charge >= 0.3 is 0 Å². The predicted molar refractivity (Wildman–Crippen MR) is 166 cm³/mol. The summed E-state index contributed by atoms with van der Waals surface area (Å²) in [7, 11) is 0. The van der Waals surface area contributed by atoms with E-state index in [1.54, 1.807) is 0 Å². The molecule has 1 heterocycles. The maximum atomic E-state index is 13.2. The molecule has 2 aromatic carbocycles. The van der Waals surface area contributed by atoms with E-state index < -0.39 is 33.3 Å². The molecule has 1 unspecified atom stereocenters. The molecular weight excluding hydrogens is 550 g/mol. The van der Waals surface area contributed by atoms with E-state index in [1.807, 2.05) is 0 Å². The lowest BCUT2D eigenvalue weighted by molar-refractivity contribution is -0.385. The summed E-state index contributed by atoms with van der Waals surface area (Å²) >= 11 is 0. The van der Waals surface area contributed by atoms with Gasteiger partial charge in [-0.3, -0.25) is 29.8 Å². The van der Waals surface area contributed by atoms with Crippen molar-refractivity contribution in [1.29, 1.82) is 0 Å². The number of carbonyl (C=O) groups is 2. The van der Waals surface area contributed by atoms with E-state index in [4.69, 9.17) is 0 Å². The van der Waals surface area contributed by atoms with Crippen molar-refractivity contribution in [2.75, 3.05) is 6.54 Å². The summed E-state index contributed by atoms with van der Waals surface area (Å²) in [6.07, 6.45) is 16.6. The fraction of sp³-hybridized carbons (Fsp3) is 0.515. The molecule has 1 N–H and O–H groups in total. The summed E-state index contributed by atoms with van der Waals surface area (Å²) in [5.74, 6) is -2.05. The summed E-state index contributed by atoms with van der Waals surface area (Å²) in [4.78, 5) is 48.9. The SMILES string of the molecule is CCCCCCCCCCCCCCCCN1C(=O)C(=O)/C(=C(/O)c2ccc([N+](=O)[O-])cc2)C1c1ccc([N+](=O)[O-])cc1. The number of Topliss-reactive ketones (excluding diaryl/α,β-unsaturated/α-hetero) is 1. The molecule has 1 aliphatic heterocycles. The maximum absolute atomic E-state index is 13.2. The third-order valence-corrected chi connectivity index (χ3v) is 8.06. The first-order valence-corrected chi connectivity index (χ1v) is 15.5. The Bertz CT molecular complexity index is 1270. The molecule has 1 saturated heterocycles. The summed E-state index contributed by atoms with van der Waals surface area (Å²) in [5.41, 5.74) is 0.161. The highest BCUT2D eigenvalue weighted by atomic mass is 16.6. The fourth-order valence-corrected chi connectivity index (χ4v) is 5.61. The second-order valence-electron chi connectivity index (χ2n) is 11.2. The Morgan fingerprint density at radius 3 is 1.56 bits per heavy atom. The number of aliphatic hydroxyl groups excluding tert-OH is 1. The third kappa shape index (κ3) is 9.46. The van der Waals surface area contributed by atoms with E-state index in [1.165, 1.54) is 118 Å². The number of non-ortho nitro benzene ring substituents is 2. The quantitative estimate of drug-likeness (QED) is 0.0430. The van der Waals surface area contributed by atoms with Crippen molar-refractivity contribution in [3.05, 3.63) is 85.5 Å². The molecular formula is C33H43N3O7. The Labute approximate surface area is 253 Å². The van der Waals surface area contributed by atoms with Gasteiger partial charge in [0.05, 0.1) is 21.5 Å².